The van der Waals surface area contributed by atoms with Gasteiger partial charge in [-0.3, -0.25) is 4.52 Å². The molecule has 15 heavy (non-hydrogen) atoms. The summed E-state index contributed by atoms with van der Waals surface area (Å²) in [6, 6.07) is 0.142. The zero-order valence-electron chi connectivity index (χ0n) is 6.83. The van der Waals surface area contributed by atoms with Crippen LogP contribution in [-0.2, 0) is 0 Å². The van der Waals surface area contributed by atoms with Gasteiger partial charge in [-0.25, -0.2) is 0 Å². The molecule has 10 nitrogen and oxygen atoms in total. The van der Waals surface area contributed by atoms with Gasteiger partial charge in [0, 0.05) is 11.9 Å². The van der Waals surface area contributed by atoms with E-state index in [0.717, 1.165) is 11.7 Å². The first-order chi connectivity index (χ1) is 7.45. The normalized spacial score (nSPS) is 20.0. The Hall–Kier alpha value is -1.69. The molecule has 0 spiro atoms. The third kappa shape index (κ3) is 1.42. The van der Waals surface area contributed by atoms with Gasteiger partial charge in [-0.15, -0.1) is 5.10 Å². The minimum atomic E-state index is -0.328. The molecule has 0 aromatic carbocycles. The van der Waals surface area contributed by atoms with Gasteiger partial charge in [0.2, 0.25) is 5.82 Å². The highest BCUT2D eigenvalue weighted by molar-refractivity contribution is 7.98. The molecular weight excluding hydrogens is 242 g/mol. The highest BCUT2D eigenvalue weighted by Gasteiger charge is 2.33. The fraction of sp³-hybridized carbons (Fsp3) is 0.333. The van der Waals surface area contributed by atoms with Crippen molar-refractivity contribution in [2.45, 2.75) is 5.37 Å². The number of nitrogens with zero attached hydrogens (tertiary/aromatic N) is 9. The van der Waals surface area contributed by atoms with Gasteiger partial charge < -0.3 is 0 Å². The molecule has 3 heterocycles. The lowest BCUT2D eigenvalue weighted by molar-refractivity contribution is 0.389. The molecule has 0 aliphatic carbocycles. The monoisotopic (exact) mass is 243 g/mol. The van der Waals surface area contributed by atoms with E-state index in [0.29, 0.717) is 5.82 Å². The second-order valence-corrected chi connectivity index (χ2v) is 3.66. The third-order valence-corrected chi connectivity index (χ3v) is 2.72. The molecule has 1 aliphatic rings. The summed E-state index contributed by atoms with van der Waals surface area (Å²) in [7, 11) is 0. The molecule has 1 unspecified atom stereocenters. The maximum atomic E-state index is 4.76. The highest BCUT2D eigenvalue weighted by atomic mass is 32.2. The Kier molecular flexibility index (Phi) is 1.99. The molecule has 2 aromatic rings. The van der Waals surface area contributed by atoms with Crippen molar-refractivity contribution >= 4 is 29.7 Å². The Balaban J connectivity index is 1.92. The lowest BCUT2D eigenvalue weighted by Gasteiger charge is -2.10. The molecule has 0 bridgehead atoms. The van der Waals surface area contributed by atoms with Crippen LogP contribution in [0.4, 0.5) is 6.01 Å². The van der Waals surface area contributed by atoms with Crippen molar-refractivity contribution in [3.63, 3.8) is 0 Å². The number of hydrogen-bond donors (Lipinski definition) is 0. The van der Waals surface area contributed by atoms with Gasteiger partial charge in [0.25, 0.3) is 0 Å². The van der Waals surface area contributed by atoms with Crippen molar-refractivity contribution < 1.29 is 4.52 Å². The minimum absolute atomic E-state index is 0.142. The number of anilines is 1. The van der Waals surface area contributed by atoms with E-state index in [-0.39, 0.29) is 11.4 Å². The molecule has 0 N–H and O–H groups in total. The van der Waals surface area contributed by atoms with Gasteiger partial charge in [-0.05, 0) is 5.21 Å². The summed E-state index contributed by atoms with van der Waals surface area (Å²) in [6.45, 7) is 0. The maximum Gasteiger partial charge on any atom is 0.367 e. The minimum Gasteiger partial charge on any atom is -0.294 e. The Labute approximate surface area is 90.2 Å². The zero-order chi connectivity index (χ0) is 10.1. The van der Waals surface area contributed by atoms with E-state index in [2.05, 4.69) is 39.3 Å². The van der Waals surface area contributed by atoms with Gasteiger partial charge in [0.1, 0.15) is 0 Å². The first-order valence-electron chi connectivity index (χ1n) is 3.61. The highest BCUT2D eigenvalue weighted by Crippen LogP contribution is 2.39. The van der Waals surface area contributed by atoms with Crippen LogP contribution < -0.4 is 5.01 Å². The molecule has 0 fully saturated rings. The van der Waals surface area contributed by atoms with Crippen molar-refractivity contribution in [3.8, 4) is 0 Å². The van der Waals surface area contributed by atoms with Crippen LogP contribution in [0.1, 0.15) is 11.2 Å². The van der Waals surface area contributed by atoms with E-state index in [1.807, 2.05) is 0 Å². The van der Waals surface area contributed by atoms with Crippen LogP contribution in [0.15, 0.2) is 14.3 Å². The lowest BCUT2D eigenvalue weighted by atomic mass is 10.6. The predicted octanol–water partition coefficient (Wildman–Crippen LogP) is 0.245. The number of rotatable bonds is 2. The van der Waals surface area contributed by atoms with Crippen molar-refractivity contribution in [2.24, 2.45) is 9.74 Å². The topological polar surface area (TPSA) is 118 Å². The SMILES string of the molecule is N1=NN(c2nnno2)C(c2nnsn2)S1. The standard InChI is InChI=1S/C3HN9OS2/c4-1(6-15-10-4)2-12(8-11-14-2)3-5-7-9-13-3/h2H. The van der Waals surface area contributed by atoms with Crippen LogP contribution in [0, 0.1) is 0 Å². The van der Waals surface area contributed by atoms with E-state index in [1.54, 1.807) is 0 Å². The van der Waals surface area contributed by atoms with Crippen LogP contribution in [0.25, 0.3) is 0 Å². The smallest absolute Gasteiger partial charge is 0.294 e. The summed E-state index contributed by atoms with van der Waals surface area (Å²) < 4.78 is 16.2. The van der Waals surface area contributed by atoms with Gasteiger partial charge in [0.15, 0.2) is 5.37 Å². The second-order valence-electron chi connectivity index (χ2n) is 2.33. The Morgan fingerprint density at radius 1 is 1.33 bits per heavy atom. The van der Waals surface area contributed by atoms with Crippen LogP contribution in [0.2, 0.25) is 0 Å². The van der Waals surface area contributed by atoms with Crippen molar-refractivity contribution in [2.75, 3.05) is 5.01 Å². The van der Waals surface area contributed by atoms with Crippen molar-refractivity contribution in [1.82, 2.24) is 29.5 Å². The Morgan fingerprint density at radius 3 is 3.07 bits per heavy atom. The predicted molar refractivity (Wildman–Crippen MR) is 47.5 cm³/mol. The molecule has 1 aliphatic heterocycles. The van der Waals surface area contributed by atoms with Crippen LogP contribution in [-0.4, -0.2) is 29.5 Å². The molecule has 0 radical (unpaired) electrons. The molecular formula is C3HN9OS2. The molecule has 3 rings (SSSR count). The summed E-state index contributed by atoms with van der Waals surface area (Å²) in [5.41, 5.74) is 0. The summed E-state index contributed by atoms with van der Waals surface area (Å²) in [5.74, 6) is 0.494. The van der Waals surface area contributed by atoms with Gasteiger partial charge in [-0.2, -0.15) is 9.38 Å². The Bertz CT molecular complexity index is 452. The van der Waals surface area contributed by atoms with Crippen LogP contribution in [0.5, 0.6) is 0 Å². The number of hydrogen-bond acceptors (Lipinski definition) is 12. The largest absolute Gasteiger partial charge is 0.367 e. The molecule has 0 saturated heterocycles. The lowest BCUT2D eigenvalue weighted by Crippen LogP contribution is -2.18. The van der Waals surface area contributed by atoms with Crippen LogP contribution in [0.3, 0.4) is 0 Å². The van der Waals surface area contributed by atoms with Gasteiger partial charge in [0.05, 0.1) is 17.0 Å². The van der Waals surface area contributed by atoms with Crippen molar-refractivity contribution in [3.05, 3.63) is 5.82 Å². The summed E-state index contributed by atoms with van der Waals surface area (Å²) in [5, 5.41) is 18.8. The molecule has 1 atom stereocenters. The average Bonchev–Trinajstić information content (AvgIpc) is 3.01. The van der Waals surface area contributed by atoms with Gasteiger partial charge in [-0.1, -0.05) is 19.3 Å². The molecule has 12 heteroatoms. The average molecular weight is 243 g/mol. The summed E-state index contributed by atoms with van der Waals surface area (Å²) in [6.07, 6.45) is 0. The summed E-state index contributed by atoms with van der Waals surface area (Å²) in [4.78, 5) is 0. The fourth-order valence-electron chi connectivity index (χ4n) is 0.942. The van der Waals surface area contributed by atoms with E-state index in [4.69, 9.17) is 4.52 Å². The van der Waals surface area contributed by atoms with E-state index in [1.165, 1.54) is 17.0 Å². The quantitative estimate of drug-likeness (QED) is 0.683. The first kappa shape index (κ1) is 8.60. The second kappa shape index (κ2) is 3.47. The molecule has 0 saturated carbocycles. The third-order valence-electron chi connectivity index (χ3n) is 1.52. The zero-order valence-corrected chi connectivity index (χ0v) is 8.46. The maximum absolute atomic E-state index is 4.76. The van der Waals surface area contributed by atoms with E-state index in [9.17, 15) is 0 Å². The Morgan fingerprint density at radius 2 is 2.33 bits per heavy atom. The molecule has 76 valence electrons. The molecule has 0 amide bonds. The van der Waals surface area contributed by atoms with E-state index < -0.39 is 0 Å². The van der Waals surface area contributed by atoms with Crippen LogP contribution >= 0.6 is 23.7 Å². The fourth-order valence-corrected chi connectivity index (χ4v) is 2.01. The van der Waals surface area contributed by atoms with Gasteiger partial charge >= 0.3 is 6.01 Å². The van der Waals surface area contributed by atoms with E-state index >= 15 is 0 Å². The summed E-state index contributed by atoms with van der Waals surface area (Å²) >= 11 is 2.19. The first-order valence-corrected chi connectivity index (χ1v) is 5.18. The van der Waals surface area contributed by atoms with Crippen molar-refractivity contribution in [1.29, 1.82) is 0 Å². The molecule has 2 aromatic heterocycles. The number of aromatic nitrogens is 6.